The van der Waals surface area contributed by atoms with Crippen molar-refractivity contribution >= 4 is 0 Å². The monoisotopic (exact) mass is 237 g/mol. The Balaban J connectivity index is 2.06. The molecule has 1 atom stereocenters. The number of benzene rings is 2. The maximum Gasteiger partial charge on any atom is 0.108 e. The fraction of sp³-hybridized carbons (Fsp3) is 0.0667. The van der Waals surface area contributed by atoms with Crippen LogP contribution in [-0.2, 0) is 0 Å². The summed E-state index contributed by atoms with van der Waals surface area (Å²) in [6, 6.07) is 18.8. The zero-order valence-corrected chi connectivity index (χ0v) is 9.93. The number of nitrogens with one attached hydrogen (secondary N) is 2. The molecular formula is C15H15N3. The van der Waals surface area contributed by atoms with Gasteiger partial charge in [0.1, 0.15) is 5.82 Å². The maximum absolute atomic E-state index is 5.74. The standard InChI is InChI=1S/C15H15N3/c16-15-10-14(17-18-15)13-9-5-4-8-12(13)11-6-2-1-3-7-11/h1-10,14,17-18H,16H2. The Morgan fingerprint density at radius 2 is 1.61 bits per heavy atom. The minimum atomic E-state index is 0.112. The number of nitrogens with two attached hydrogens (primary N) is 1. The van der Waals surface area contributed by atoms with Gasteiger partial charge >= 0.3 is 0 Å². The summed E-state index contributed by atoms with van der Waals surface area (Å²) in [5, 5.41) is 0. The lowest BCUT2D eigenvalue weighted by molar-refractivity contribution is 0.595. The highest BCUT2D eigenvalue weighted by atomic mass is 15.4. The first-order valence-corrected chi connectivity index (χ1v) is 5.98. The van der Waals surface area contributed by atoms with Crippen LogP contribution in [0.2, 0.25) is 0 Å². The molecule has 1 heterocycles. The van der Waals surface area contributed by atoms with Gasteiger partial charge in [-0.05, 0) is 22.8 Å². The fourth-order valence-electron chi connectivity index (χ4n) is 2.24. The smallest absolute Gasteiger partial charge is 0.108 e. The molecule has 1 unspecified atom stereocenters. The van der Waals surface area contributed by atoms with Crippen LogP contribution in [0.15, 0.2) is 66.5 Å². The molecule has 0 radical (unpaired) electrons. The first kappa shape index (κ1) is 10.9. The van der Waals surface area contributed by atoms with Gasteiger partial charge in [0, 0.05) is 0 Å². The topological polar surface area (TPSA) is 50.1 Å². The number of hydrogen-bond donors (Lipinski definition) is 3. The van der Waals surface area contributed by atoms with Crippen LogP contribution < -0.4 is 16.6 Å². The van der Waals surface area contributed by atoms with Crippen LogP contribution >= 0.6 is 0 Å². The van der Waals surface area contributed by atoms with Gasteiger partial charge in [0.2, 0.25) is 0 Å². The minimum absolute atomic E-state index is 0.112. The van der Waals surface area contributed by atoms with Gasteiger partial charge in [-0.25, -0.2) is 5.43 Å². The molecule has 0 spiro atoms. The molecule has 0 fully saturated rings. The molecule has 2 aromatic carbocycles. The van der Waals surface area contributed by atoms with Crippen molar-refractivity contribution in [3.63, 3.8) is 0 Å². The predicted molar refractivity (Wildman–Crippen MR) is 73.2 cm³/mol. The third kappa shape index (κ3) is 1.96. The zero-order valence-electron chi connectivity index (χ0n) is 9.93. The molecule has 0 aromatic heterocycles. The molecule has 4 N–H and O–H groups in total. The highest BCUT2D eigenvalue weighted by molar-refractivity contribution is 5.68. The Hall–Kier alpha value is -2.26. The Morgan fingerprint density at radius 3 is 2.33 bits per heavy atom. The first-order valence-electron chi connectivity index (χ1n) is 5.98. The summed E-state index contributed by atoms with van der Waals surface area (Å²) < 4.78 is 0. The van der Waals surface area contributed by atoms with Crippen molar-refractivity contribution in [1.29, 1.82) is 0 Å². The highest BCUT2D eigenvalue weighted by Crippen LogP contribution is 2.29. The fourth-order valence-corrected chi connectivity index (χ4v) is 2.24. The normalized spacial score (nSPS) is 18.2. The zero-order chi connectivity index (χ0) is 12.4. The quantitative estimate of drug-likeness (QED) is 0.751. The summed E-state index contributed by atoms with van der Waals surface area (Å²) in [5.41, 5.74) is 15.5. The van der Waals surface area contributed by atoms with Gasteiger partial charge in [0.15, 0.2) is 0 Å². The third-order valence-corrected chi connectivity index (χ3v) is 3.10. The van der Waals surface area contributed by atoms with Crippen molar-refractivity contribution in [3.8, 4) is 11.1 Å². The molecule has 1 aliphatic heterocycles. The van der Waals surface area contributed by atoms with Crippen LogP contribution in [0.25, 0.3) is 11.1 Å². The Bertz CT molecular complexity index is 575. The number of rotatable bonds is 2. The van der Waals surface area contributed by atoms with Crippen molar-refractivity contribution in [3.05, 3.63) is 72.1 Å². The Kier molecular flexibility index (Phi) is 2.74. The van der Waals surface area contributed by atoms with E-state index in [1.807, 2.05) is 18.2 Å². The van der Waals surface area contributed by atoms with E-state index in [2.05, 4.69) is 53.3 Å². The summed E-state index contributed by atoms with van der Waals surface area (Å²) in [6.07, 6.45) is 1.99. The SMILES string of the molecule is NC1=CC(c2ccccc2-c2ccccc2)NN1. The van der Waals surface area contributed by atoms with Crippen molar-refractivity contribution in [2.45, 2.75) is 6.04 Å². The van der Waals surface area contributed by atoms with Crippen LogP contribution in [0.5, 0.6) is 0 Å². The van der Waals surface area contributed by atoms with E-state index in [9.17, 15) is 0 Å². The van der Waals surface area contributed by atoms with Crippen molar-refractivity contribution in [1.82, 2.24) is 10.9 Å². The lowest BCUT2D eigenvalue weighted by Crippen LogP contribution is -2.29. The third-order valence-electron chi connectivity index (χ3n) is 3.10. The summed E-state index contributed by atoms with van der Waals surface area (Å²) in [7, 11) is 0. The Morgan fingerprint density at radius 1 is 0.889 bits per heavy atom. The second kappa shape index (κ2) is 4.55. The molecule has 0 saturated heterocycles. The second-order valence-corrected chi connectivity index (χ2v) is 4.32. The molecule has 1 aliphatic rings. The average molecular weight is 237 g/mol. The molecule has 0 bridgehead atoms. The van der Waals surface area contributed by atoms with Gasteiger partial charge in [-0.3, -0.25) is 0 Å². The molecule has 0 amide bonds. The molecule has 3 heteroatoms. The van der Waals surface area contributed by atoms with Crippen molar-refractivity contribution < 1.29 is 0 Å². The first-order chi connectivity index (χ1) is 8.84. The van der Waals surface area contributed by atoms with E-state index in [-0.39, 0.29) is 6.04 Å². The summed E-state index contributed by atoms with van der Waals surface area (Å²) >= 11 is 0. The predicted octanol–water partition coefficient (Wildman–Crippen LogP) is 2.30. The largest absolute Gasteiger partial charge is 0.385 e. The van der Waals surface area contributed by atoms with Crippen LogP contribution in [0.1, 0.15) is 11.6 Å². The van der Waals surface area contributed by atoms with Crippen molar-refractivity contribution in [2.75, 3.05) is 0 Å². The van der Waals surface area contributed by atoms with E-state index in [0.717, 1.165) is 0 Å². The second-order valence-electron chi connectivity index (χ2n) is 4.32. The lowest BCUT2D eigenvalue weighted by atomic mass is 9.95. The molecule has 90 valence electrons. The van der Waals surface area contributed by atoms with E-state index in [1.54, 1.807) is 0 Å². The van der Waals surface area contributed by atoms with Crippen LogP contribution in [0.3, 0.4) is 0 Å². The number of hydrogen-bond acceptors (Lipinski definition) is 3. The van der Waals surface area contributed by atoms with E-state index < -0.39 is 0 Å². The Labute approximate surface area is 106 Å². The molecule has 18 heavy (non-hydrogen) atoms. The molecule has 3 nitrogen and oxygen atoms in total. The van der Waals surface area contributed by atoms with E-state index >= 15 is 0 Å². The minimum Gasteiger partial charge on any atom is -0.385 e. The van der Waals surface area contributed by atoms with Crippen LogP contribution in [0, 0.1) is 0 Å². The van der Waals surface area contributed by atoms with Crippen LogP contribution in [-0.4, -0.2) is 0 Å². The van der Waals surface area contributed by atoms with Crippen LogP contribution in [0.4, 0.5) is 0 Å². The average Bonchev–Trinajstić information content (AvgIpc) is 2.86. The molecule has 0 aliphatic carbocycles. The molecule has 3 rings (SSSR count). The molecular weight excluding hydrogens is 222 g/mol. The molecule has 2 aromatic rings. The van der Waals surface area contributed by atoms with Gasteiger partial charge in [0.05, 0.1) is 6.04 Å². The van der Waals surface area contributed by atoms with Gasteiger partial charge in [-0.1, -0.05) is 54.6 Å². The summed E-state index contributed by atoms with van der Waals surface area (Å²) in [5.74, 6) is 0.669. The van der Waals surface area contributed by atoms with Crippen molar-refractivity contribution in [2.24, 2.45) is 5.73 Å². The van der Waals surface area contributed by atoms with E-state index in [1.165, 1.54) is 16.7 Å². The van der Waals surface area contributed by atoms with Gasteiger partial charge in [-0.15, -0.1) is 0 Å². The summed E-state index contributed by atoms with van der Waals surface area (Å²) in [6.45, 7) is 0. The molecule has 0 saturated carbocycles. The summed E-state index contributed by atoms with van der Waals surface area (Å²) in [4.78, 5) is 0. The van der Waals surface area contributed by atoms with Gasteiger partial charge < -0.3 is 11.2 Å². The highest BCUT2D eigenvalue weighted by Gasteiger charge is 2.17. The lowest BCUT2D eigenvalue weighted by Gasteiger charge is -2.14. The maximum atomic E-state index is 5.74. The van der Waals surface area contributed by atoms with E-state index in [0.29, 0.717) is 5.82 Å². The van der Waals surface area contributed by atoms with Gasteiger partial charge in [0.25, 0.3) is 0 Å². The van der Waals surface area contributed by atoms with E-state index in [4.69, 9.17) is 5.73 Å². The van der Waals surface area contributed by atoms with Gasteiger partial charge in [-0.2, -0.15) is 0 Å². The number of hydrazine groups is 1.